The number of carbonyl (C=O) groups excluding carboxylic acids is 2. The molecule has 2 N–H and O–H groups in total. The summed E-state index contributed by atoms with van der Waals surface area (Å²) in [5.74, 6) is -0.671. The van der Waals surface area contributed by atoms with Gasteiger partial charge in [-0.25, -0.2) is 0 Å². The lowest BCUT2D eigenvalue weighted by molar-refractivity contribution is -0.116. The molecule has 0 fully saturated rings. The summed E-state index contributed by atoms with van der Waals surface area (Å²) >= 11 is 0. The second kappa shape index (κ2) is 7.68. The van der Waals surface area contributed by atoms with Crippen molar-refractivity contribution in [2.24, 2.45) is 0 Å². The van der Waals surface area contributed by atoms with Crippen LogP contribution in [0.3, 0.4) is 0 Å². The van der Waals surface area contributed by atoms with Crippen molar-refractivity contribution in [1.29, 1.82) is 0 Å². The lowest BCUT2D eigenvalue weighted by Gasteiger charge is -2.19. The summed E-state index contributed by atoms with van der Waals surface area (Å²) in [4.78, 5) is 41.3. The summed E-state index contributed by atoms with van der Waals surface area (Å²) in [7, 11) is 1.55. The number of nitrogens with zero attached hydrogens (tertiary/aromatic N) is 1. The molecule has 0 bridgehead atoms. The lowest BCUT2D eigenvalue weighted by atomic mass is 10.1. The van der Waals surface area contributed by atoms with E-state index in [0.717, 1.165) is 22.4 Å². The Morgan fingerprint density at radius 3 is 2.36 bits per heavy atom. The number of likely N-dealkylation sites (N-methyl/N-ethyl adjacent to an activating group) is 1. The maximum Gasteiger partial charge on any atom is 0.254 e. The Morgan fingerprint density at radius 1 is 1.04 bits per heavy atom. The molecule has 3 rings (SSSR count). The molecule has 0 saturated heterocycles. The number of aryl methyl sites for hydroxylation is 3. The van der Waals surface area contributed by atoms with Crippen molar-refractivity contribution in [3.05, 3.63) is 75.1 Å². The molecule has 6 nitrogen and oxygen atoms in total. The Labute approximate surface area is 163 Å². The quantitative estimate of drug-likeness (QED) is 0.733. The molecule has 28 heavy (non-hydrogen) atoms. The zero-order chi connectivity index (χ0) is 20.4. The number of H-pyrrole nitrogens is 1. The molecular weight excluding hydrogens is 354 g/mol. The molecule has 0 unspecified atom stereocenters. The largest absolute Gasteiger partial charge is 0.332 e. The van der Waals surface area contributed by atoms with Gasteiger partial charge in [-0.1, -0.05) is 35.9 Å². The van der Waals surface area contributed by atoms with E-state index >= 15 is 0 Å². The molecule has 1 aromatic heterocycles. The number of pyridine rings is 1. The van der Waals surface area contributed by atoms with Gasteiger partial charge in [-0.05, 0) is 38.0 Å². The average molecular weight is 377 g/mol. The predicted molar refractivity (Wildman–Crippen MR) is 111 cm³/mol. The van der Waals surface area contributed by atoms with Gasteiger partial charge >= 0.3 is 0 Å². The number of hydrogen-bond donors (Lipinski definition) is 2. The van der Waals surface area contributed by atoms with E-state index in [1.165, 1.54) is 11.0 Å². The predicted octanol–water partition coefficient (Wildman–Crippen LogP) is 3.16. The molecule has 0 aliphatic carbocycles. The van der Waals surface area contributed by atoms with Gasteiger partial charge in [0.1, 0.15) is 0 Å². The monoisotopic (exact) mass is 377 g/mol. The molecular formula is C22H23N3O3. The summed E-state index contributed by atoms with van der Waals surface area (Å²) in [5.41, 5.74) is 4.34. The highest BCUT2D eigenvalue weighted by atomic mass is 16.2. The normalized spacial score (nSPS) is 10.7. The van der Waals surface area contributed by atoms with Gasteiger partial charge in [0.05, 0.1) is 12.1 Å². The zero-order valence-electron chi connectivity index (χ0n) is 16.4. The van der Waals surface area contributed by atoms with Gasteiger partial charge in [0.15, 0.2) is 0 Å². The van der Waals surface area contributed by atoms with E-state index in [4.69, 9.17) is 0 Å². The first-order chi connectivity index (χ1) is 13.3. The number of carbonyl (C=O) groups is 2. The third-order valence-corrected chi connectivity index (χ3v) is 4.65. The van der Waals surface area contributed by atoms with Crippen molar-refractivity contribution in [2.45, 2.75) is 20.8 Å². The molecule has 0 radical (unpaired) electrons. The molecule has 1 heterocycles. The van der Waals surface area contributed by atoms with Gasteiger partial charge in [0.2, 0.25) is 11.5 Å². The van der Waals surface area contributed by atoms with E-state index in [0.29, 0.717) is 10.9 Å². The highest BCUT2D eigenvalue weighted by molar-refractivity contribution is 6.07. The SMILES string of the molecule is Cc1cc(C)c(NC(=O)CN(C)C(=O)c2cc(=O)[nH]c3ccccc23)c(C)c1. The van der Waals surface area contributed by atoms with Crippen LogP contribution in [0.2, 0.25) is 0 Å². The van der Waals surface area contributed by atoms with Crippen LogP contribution in [-0.4, -0.2) is 35.3 Å². The minimum atomic E-state index is -0.380. The van der Waals surface area contributed by atoms with E-state index in [1.807, 2.05) is 32.9 Å². The third kappa shape index (κ3) is 3.96. The maximum atomic E-state index is 12.9. The smallest absolute Gasteiger partial charge is 0.254 e. The average Bonchev–Trinajstić information content (AvgIpc) is 2.63. The number of anilines is 1. The number of hydrogen-bond acceptors (Lipinski definition) is 3. The van der Waals surface area contributed by atoms with Crippen molar-refractivity contribution in [2.75, 3.05) is 18.9 Å². The van der Waals surface area contributed by atoms with Crippen molar-refractivity contribution < 1.29 is 9.59 Å². The van der Waals surface area contributed by atoms with E-state index in [9.17, 15) is 14.4 Å². The summed E-state index contributed by atoms with van der Waals surface area (Å²) < 4.78 is 0. The van der Waals surface area contributed by atoms with Crippen LogP contribution in [0.15, 0.2) is 47.3 Å². The Morgan fingerprint density at radius 2 is 1.68 bits per heavy atom. The van der Waals surface area contributed by atoms with Crippen LogP contribution >= 0.6 is 0 Å². The Balaban J connectivity index is 1.80. The van der Waals surface area contributed by atoms with Crippen LogP contribution in [0.4, 0.5) is 5.69 Å². The summed E-state index contributed by atoms with van der Waals surface area (Å²) in [5, 5.41) is 3.53. The summed E-state index contributed by atoms with van der Waals surface area (Å²) in [6, 6.07) is 12.4. The maximum absolute atomic E-state index is 12.9. The molecule has 2 amide bonds. The van der Waals surface area contributed by atoms with E-state index in [2.05, 4.69) is 10.3 Å². The number of amides is 2. The molecule has 2 aromatic carbocycles. The first kappa shape index (κ1) is 19.4. The number of rotatable bonds is 4. The van der Waals surface area contributed by atoms with Crippen molar-refractivity contribution in [3.63, 3.8) is 0 Å². The van der Waals surface area contributed by atoms with Crippen LogP contribution < -0.4 is 10.9 Å². The Bertz CT molecular complexity index is 1110. The highest BCUT2D eigenvalue weighted by Crippen LogP contribution is 2.22. The van der Waals surface area contributed by atoms with Gasteiger partial charge in [0.25, 0.3) is 5.91 Å². The number of fused-ring (bicyclic) bond motifs is 1. The number of benzene rings is 2. The van der Waals surface area contributed by atoms with Crippen molar-refractivity contribution in [3.8, 4) is 0 Å². The van der Waals surface area contributed by atoms with Gasteiger partial charge in [-0.3, -0.25) is 14.4 Å². The minimum absolute atomic E-state index is 0.118. The number of aromatic nitrogens is 1. The van der Waals surface area contributed by atoms with Gasteiger partial charge in [-0.2, -0.15) is 0 Å². The summed E-state index contributed by atoms with van der Waals surface area (Å²) in [6.07, 6.45) is 0. The zero-order valence-corrected chi connectivity index (χ0v) is 16.4. The Kier molecular flexibility index (Phi) is 5.31. The molecule has 0 saturated carbocycles. The van der Waals surface area contributed by atoms with E-state index in [1.54, 1.807) is 31.3 Å². The van der Waals surface area contributed by atoms with Gasteiger partial charge in [0, 0.05) is 29.7 Å². The van der Waals surface area contributed by atoms with Crippen LogP contribution in [0.25, 0.3) is 10.9 Å². The highest BCUT2D eigenvalue weighted by Gasteiger charge is 2.19. The fraction of sp³-hybridized carbons (Fsp3) is 0.227. The van der Waals surface area contributed by atoms with Crippen LogP contribution in [0, 0.1) is 20.8 Å². The fourth-order valence-electron chi connectivity index (χ4n) is 3.43. The molecule has 6 heteroatoms. The fourth-order valence-corrected chi connectivity index (χ4v) is 3.43. The first-order valence-electron chi connectivity index (χ1n) is 9.01. The van der Waals surface area contributed by atoms with Crippen LogP contribution in [-0.2, 0) is 4.79 Å². The molecule has 0 aliphatic heterocycles. The van der Waals surface area contributed by atoms with Gasteiger partial charge in [-0.15, -0.1) is 0 Å². The standard InChI is InChI=1S/C22H23N3O3/c1-13-9-14(2)21(15(3)10-13)24-20(27)12-25(4)22(28)17-11-19(26)23-18-8-6-5-7-16(17)18/h5-11H,12H2,1-4H3,(H,23,26)(H,24,27). The number of nitrogens with one attached hydrogen (secondary N) is 2. The second-order valence-electron chi connectivity index (χ2n) is 7.08. The van der Waals surface area contributed by atoms with E-state index < -0.39 is 0 Å². The topological polar surface area (TPSA) is 82.3 Å². The minimum Gasteiger partial charge on any atom is -0.332 e. The number of aromatic amines is 1. The summed E-state index contributed by atoms with van der Waals surface area (Å²) in [6.45, 7) is 5.76. The first-order valence-corrected chi connectivity index (χ1v) is 9.01. The number of para-hydroxylation sites is 1. The third-order valence-electron chi connectivity index (χ3n) is 4.65. The molecule has 0 atom stereocenters. The van der Waals surface area contributed by atoms with Gasteiger partial charge < -0.3 is 15.2 Å². The lowest BCUT2D eigenvalue weighted by Crippen LogP contribution is -2.35. The molecule has 3 aromatic rings. The van der Waals surface area contributed by atoms with E-state index in [-0.39, 0.29) is 29.5 Å². The molecule has 0 aliphatic rings. The van der Waals surface area contributed by atoms with Crippen LogP contribution in [0.1, 0.15) is 27.0 Å². The Hall–Kier alpha value is -3.41. The second-order valence-corrected chi connectivity index (χ2v) is 7.08. The molecule has 144 valence electrons. The van der Waals surface area contributed by atoms with Crippen molar-refractivity contribution in [1.82, 2.24) is 9.88 Å². The molecule has 0 spiro atoms. The van der Waals surface area contributed by atoms with Crippen molar-refractivity contribution >= 4 is 28.4 Å². The van der Waals surface area contributed by atoms with Crippen LogP contribution in [0.5, 0.6) is 0 Å².